The molecule has 5 heteroatoms. The highest BCUT2D eigenvalue weighted by atomic mass is 16.5. The summed E-state index contributed by atoms with van der Waals surface area (Å²) >= 11 is 0. The third-order valence-electron chi connectivity index (χ3n) is 3.24. The minimum atomic E-state index is -0.301. The number of methoxy groups -OCH3 is 1. The molecule has 1 fully saturated rings. The van der Waals surface area contributed by atoms with Gasteiger partial charge < -0.3 is 9.64 Å². The molecule has 1 unspecified atom stereocenters. The Labute approximate surface area is 106 Å². The van der Waals surface area contributed by atoms with Crippen molar-refractivity contribution in [1.29, 1.82) is 0 Å². The second kappa shape index (κ2) is 5.62. The number of carbonyl (C=O) groups excluding carboxylic acids is 2. The molecule has 0 bridgehead atoms. The number of aromatic nitrogens is 1. The average Bonchev–Trinajstić information content (AvgIpc) is 2.46. The fourth-order valence-corrected chi connectivity index (χ4v) is 2.35. The fraction of sp³-hybridized carbons (Fsp3) is 0.462. The first-order valence-corrected chi connectivity index (χ1v) is 6.01. The monoisotopic (exact) mass is 248 g/mol. The van der Waals surface area contributed by atoms with Crippen LogP contribution < -0.4 is 4.90 Å². The van der Waals surface area contributed by atoms with Gasteiger partial charge in [-0.3, -0.25) is 9.78 Å². The molecular formula is C13H16N2O3. The van der Waals surface area contributed by atoms with Crippen molar-refractivity contribution >= 4 is 17.9 Å². The number of ether oxygens (including phenoxy) is 1. The van der Waals surface area contributed by atoms with E-state index in [0.29, 0.717) is 5.56 Å². The molecule has 96 valence electrons. The van der Waals surface area contributed by atoms with Crippen molar-refractivity contribution in [2.24, 2.45) is 0 Å². The van der Waals surface area contributed by atoms with Gasteiger partial charge in [0.15, 0.2) is 6.29 Å². The van der Waals surface area contributed by atoms with E-state index in [1.165, 1.54) is 13.3 Å². The van der Waals surface area contributed by atoms with Gasteiger partial charge in [-0.15, -0.1) is 0 Å². The highest BCUT2D eigenvalue weighted by molar-refractivity contribution is 5.87. The molecule has 2 heterocycles. The van der Waals surface area contributed by atoms with E-state index in [4.69, 9.17) is 4.74 Å². The second-order valence-corrected chi connectivity index (χ2v) is 4.28. The Balaban J connectivity index is 2.33. The smallest absolute Gasteiger partial charge is 0.328 e. The number of pyridine rings is 1. The fourth-order valence-electron chi connectivity index (χ4n) is 2.35. The number of carbonyl (C=O) groups is 2. The quantitative estimate of drug-likeness (QED) is 0.598. The molecule has 0 spiro atoms. The van der Waals surface area contributed by atoms with Gasteiger partial charge in [-0.05, 0) is 25.3 Å². The van der Waals surface area contributed by atoms with Crippen LogP contribution in [-0.4, -0.2) is 36.9 Å². The van der Waals surface area contributed by atoms with Gasteiger partial charge in [0, 0.05) is 18.9 Å². The Hall–Kier alpha value is -1.91. The standard InChI is InChI=1S/C13H16N2O3/c1-18-13(17)12-4-2-3-7-15(12)11-5-6-14-8-10(11)9-16/h5-6,8-9,12H,2-4,7H2,1H3. The normalized spacial score (nSPS) is 19.4. The van der Waals surface area contributed by atoms with Gasteiger partial charge in [0.05, 0.1) is 18.4 Å². The van der Waals surface area contributed by atoms with Gasteiger partial charge in [0.25, 0.3) is 0 Å². The minimum absolute atomic E-state index is 0.247. The maximum atomic E-state index is 11.8. The van der Waals surface area contributed by atoms with Gasteiger partial charge in [-0.1, -0.05) is 0 Å². The largest absolute Gasteiger partial charge is 0.467 e. The van der Waals surface area contributed by atoms with Crippen LogP contribution in [0.1, 0.15) is 29.6 Å². The van der Waals surface area contributed by atoms with Crippen molar-refractivity contribution in [3.05, 3.63) is 24.0 Å². The molecule has 1 aliphatic rings. The van der Waals surface area contributed by atoms with E-state index in [-0.39, 0.29) is 12.0 Å². The van der Waals surface area contributed by atoms with E-state index < -0.39 is 0 Å². The number of hydrogen-bond donors (Lipinski definition) is 0. The molecule has 0 aliphatic carbocycles. The third kappa shape index (κ3) is 2.34. The minimum Gasteiger partial charge on any atom is -0.467 e. The number of rotatable bonds is 3. The van der Waals surface area contributed by atoms with Gasteiger partial charge in [-0.2, -0.15) is 0 Å². The van der Waals surface area contributed by atoms with Crippen molar-refractivity contribution in [3.8, 4) is 0 Å². The lowest BCUT2D eigenvalue weighted by molar-refractivity contribution is -0.142. The summed E-state index contributed by atoms with van der Waals surface area (Å²) in [4.78, 5) is 28.7. The zero-order chi connectivity index (χ0) is 13.0. The molecule has 0 aromatic carbocycles. The predicted molar refractivity (Wildman–Crippen MR) is 66.6 cm³/mol. The molecule has 1 aromatic heterocycles. The molecule has 0 N–H and O–H groups in total. The van der Waals surface area contributed by atoms with E-state index in [2.05, 4.69) is 4.98 Å². The lowest BCUT2D eigenvalue weighted by atomic mass is 10.0. The number of piperidine rings is 1. The van der Waals surface area contributed by atoms with Gasteiger partial charge in [-0.25, -0.2) is 4.79 Å². The average molecular weight is 248 g/mol. The maximum absolute atomic E-state index is 11.8. The van der Waals surface area contributed by atoms with Crippen molar-refractivity contribution < 1.29 is 14.3 Å². The Kier molecular flexibility index (Phi) is 3.92. The summed E-state index contributed by atoms with van der Waals surface area (Å²) < 4.78 is 4.83. The molecule has 1 saturated heterocycles. The first kappa shape index (κ1) is 12.5. The summed E-state index contributed by atoms with van der Waals surface area (Å²) in [5.41, 5.74) is 1.27. The second-order valence-electron chi connectivity index (χ2n) is 4.28. The Morgan fingerprint density at radius 3 is 3.11 bits per heavy atom. The maximum Gasteiger partial charge on any atom is 0.328 e. The molecule has 5 nitrogen and oxygen atoms in total. The molecule has 0 radical (unpaired) electrons. The van der Waals surface area contributed by atoms with Crippen molar-refractivity contribution in [3.63, 3.8) is 0 Å². The highest BCUT2D eigenvalue weighted by Gasteiger charge is 2.30. The molecule has 1 aliphatic heterocycles. The Morgan fingerprint density at radius 2 is 2.39 bits per heavy atom. The van der Waals surface area contributed by atoms with E-state index >= 15 is 0 Å². The van der Waals surface area contributed by atoms with Crippen LogP contribution >= 0.6 is 0 Å². The van der Waals surface area contributed by atoms with E-state index in [1.807, 2.05) is 4.90 Å². The molecule has 0 amide bonds. The molecular weight excluding hydrogens is 232 g/mol. The van der Waals surface area contributed by atoms with Crippen LogP contribution in [0.5, 0.6) is 0 Å². The molecule has 2 rings (SSSR count). The van der Waals surface area contributed by atoms with Crippen LogP contribution in [0.3, 0.4) is 0 Å². The zero-order valence-electron chi connectivity index (χ0n) is 10.3. The van der Waals surface area contributed by atoms with Crippen molar-refractivity contribution in [1.82, 2.24) is 4.98 Å². The summed E-state index contributed by atoms with van der Waals surface area (Å²) in [5.74, 6) is -0.247. The summed E-state index contributed by atoms with van der Waals surface area (Å²) in [6.07, 6.45) is 6.68. The summed E-state index contributed by atoms with van der Waals surface area (Å²) in [5, 5.41) is 0. The first-order valence-electron chi connectivity index (χ1n) is 6.01. The summed E-state index contributed by atoms with van der Waals surface area (Å²) in [6, 6.07) is 1.47. The Bertz CT molecular complexity index is 448. The Morgan fingerprint density at radius 1 is 1.56 bits per heavy atom. The van der Waals surface area contributed by atoms with Crippen molar-refractivity contribution in [2.45, 2.75) is 25.3 Å². The lowest BCUT2D eigenvalue weighted by Crippen LogP contribution is -2.45. The van der Waals surface area contributed by atoms with E-state index in [1.54, 1.807) is 12.3 Å². The van der Waals surface area contributed by atoms with Crippen LogP contribution in [0.25, 0.3) is 0 Å². The lowest BCUT2D eigenvalue weighted by Gasteiger charge is -2.36. The SMILES string of the molecule is COC(=O)C1CCCCN1c1ccncc1C=O. The van der Waals surface area contributed by atoms with Crippen molar-refractivity contribution in [2.75, 3.05) is 18.6 Å². The number of esters is 1. The van der Waals surface area contributed by atoms with Crippen LogP contribution in [-0.2, 0) is 9.53 Å². The van der Waals surface area contributed by atoms with Crippen LogP contribution in [0.15, 0.2) is 18.5 Å². The number of anilines is 1. The topological polar surface area (TPSA) is 59.5 Å². The number of hydrogen-bond acceptors (Lipinski definition) is 5. The van der Waals surface area contributed by atoms with Gasteiger partial charge in [0.1, 0.15) is 6.04 Å². The molecule has 1 atom stereocenters. The number of nitrogens with zero attached hydrogens (tertiary/aromatic N) is 2. The summed E-state index contributed by atoms with van der Waals surface area (Å²) in [7, 11) is 1.39. The van der Waals surface area contributed by atoms with Crippen LogP contribution in [0.4, 0.5) is 5.69 Å². The van der Waals surface area contributed by atoms with Gasteiger partial charge >= 0.3 is 5.97 Å². The molecule has 0 saturated carbocycles. The summed E-state index contributed by atoms with van der Waals surface area (Å²) in [6.45, 7) is 0.755. The van der Waals surface area contributed by atoms with E-state index in [9.17, 15) is 9.59 Å². The van der Waals surface area contributed by atoms with E-state index in [0.717, 1.165) is 37.8 Å². The zero-order valence-corrected chi connectivity index (χ0v) is 10.3. The highest BCUT2D eigenvalue weighted by Crippen LogP contribution is 2.27. The third-order valence-corrected chi connectivity index (χ3v) is 3.24. The predicted octanol–water partition coefficient (Wildman–Crippen LogP) is 1.43. The first-order chi connectivity index (χ1) is 8.77. The number of aldehydes is 1. The van der Waals surface area contributed by atoms with Gasteiger partial charge in [0.2, 0.25) is 0 Å². The van der Waals surface area contributed by atoms with Crippen LogP contribution in [0, 0.1) is 0 Å². The molecule has 18 heavy (non-hydrogen) atoms. The van der Waals surface area contributed by atoms with Crippen LogP contribution in [0.2, 0.25) is 0 Å². The molecule has 1 aromatic rings.